The molecule has 1 heterocycles. The van der Waals surface area contributed by atoms with Crippen molar-refractivity contribution in [1.29, 1.82) is 0 Å². The van der Waals surface area contributed by atoms with Crippen LogP contribution in [0.25, 0.3) is 0 Å². The van der Waals surface area contributed by atoms with E-state index in [4.69, 9.17) is 5.73 Å². The van der Waals surface area contributed by atoms with Crippen molar-refractivity contribution < 1.29 is 0 Å². The molecule has 0 radical (unpaired) electrons. The summed E-state index contributed by atoms with van der Waals surface area (Å²) in [7, 11) is 0. The summed E-state index contributed by atoms with van der Waals surface area (Å²) < 4.78 is 1.19. The van der Waals surface area contributed by atoms with E-state index >= 15 is 0 Å². The lowest BCUT2D eigenvalue weighted by molar-refractivity contribution is 0.457. The normalized spacial score (nSPS) is 24.4. The third-order valence-corrected chi connectivity index (χ3v) is 6.35. The minimum atomic E-state index is 0.174. The van der Waals surface area contributed by atoms with Crippen LogP contribution in [0.15, 0.2) is 9.85 Å². The quantitative estimate of drug-likeness (QED) is 0.855. The van der Waals surface area contributed by atoms with E-state index < -0.39 is 0 Å². The molecule has 1 aliphatic carbocycles. The van der Waals surface area contributed by atoms with Gasteiger partial charge < -0.3 is 5.73 Å². The van der Waals surface area contributed by atoms with Crippen molar-refractivity contribution in [2.24, 2.45) is 22.5 Å². The Balaban J connectivity index is 2.29. The summed E-state index contributed by atoms with van der Waals surface area (Å²) in [5.41, 5.74) is 8.48. The zero-order valence-corrected chi connectivity index (χ0v) is 13.0. The molecule has 0 saturated heterocycles. The molecule has 0 amide bonds. The Labute approximate surface area is 111 Å². The fourth-order valence-corrected chi connectivity index (χ4v) is 4.88. The highest BCUT2D eigenvalue weighted by Crippen LogP contribution is 2.72. The molecule has 1 atom stereocenters. The Morgan fingerprint density at radius 1 is 1.31 bits per heavy atom. The Kier molecular flexibility index (Phi) is 2.81. The zero-order valence-electron chi connectivity index (χ0n) is 10.6. The highest BCUT2D eigenvalue weighted by molar-refractivity contribution is 9.11. The lowest BCUT2D eigenvalue weighted by Gasteiger charge is -2.13. The second-order valence-corrected chi connectivity index (χ2v) is 8.64. The lowest BCUT2D eigenvalue weighted by Crippen LogP contribution is -2.16. The number of thiophene rings is 1. The van der Waals surface area contributed by atoms with Crippen LogP contribution in [0.1, 0.15) is 44.2 Å². The van der Waals surface area contributed by atoms with Crippen LogP contribution in [-0.4, -0.2) is 0 Å². The van der Waals surface area contributed by atoms with Crippen LogP contribution in [0.3, 0.4) is 0 Å². The Bertz CT molecular complexity index is 406. The van der Waals surface area contributed by atoms with Gasteiger partial charge in [0.05, 0.1) is 3.79 Å². The van der Waals surface area contributed by atoms with Gasteiger partial charge in [-0.2, -0.15) is 0 Å². The van der Waals surface area contributed by atoms with Crippen molar-refractivity contribution in [3.8, 4) is 0 Å². The van der Waals surface area contributed by atoms with Gasteiger partial charge in [-0.15, -0.1) is 11.3 Å². The van der Waals surface area contributed by atoms with E-state index in [-0.39, 0.29) is 6.04 Å². The predicted octanol–water partition coefficient (Wildman–Crippen LogP) is 4.50. The maximum absolute atomic E-state index is 6.45. The van der Waals surface area contributed by atoms with E-state index in [1.54, 1.807) is 11.3 Å². The number of halogens is 1. The molecule has 3 heteroatoms. The Morgan fingerprint density at radius 2 is 1.81 bits per heavy atom. The number of hydrogen-bond acceptors (Lipinski definition) is 2. The van der Waals surface area contributed by atoms with Gasteiger partial charge in [-0.1, -0.05) is 27.7 Å². The summed E-state index contributed by atoms with van der Waals surface area (Å²) >= 11 is 5.32. The zero-order chi connectivity index (χ0) is 12.3. The van der Waals surface area contributed by atoms with Gasteiger partial charge in [0.1, 0.15) is 0 Å². The van der Waals surface area contributed by atoms with Gasteiger partial charge in [0, 0.05) is 10.9 Å². The van der Waals surface area contributed by atoms with Crippen LogP contribution in [0.4, 0.5) is 0 Å². The minimum absolute atomic E-state index is 0.174. The molecule has 2 N–H and O–H groups in total. The average molecular weight is 302 g/mol. The van der Waals surface area contributed by atoms with E-state index in [0.717, 1.165) is 0 Å². The predicted molar refractivity (Wildman–Crippen MR) is 74.7 cm³/mol. The first-order valence-corrected chi connectivity index (χ1v) is 7.32. The van der Waals surface area contributed by atoms with Crippen LogP contribution in [0.5, 0.6) is 0 Å². The minimum Gasteiger partial charge on any atom is -0.324 e. The maximum Gasteiger partial charge on any atom is 0.0704 e. The van der Waals surface area contributed by atoms with Crippen molar-refractivity contribution in [3.05, 3.63) is 20.3 Å². The third kappa shape index (κ3) is 1.59. The molecule has 1 aromatic heterocycles. The van der Waals surface area contributed by atoms with Crippen LogP contribution < -0.4 is 5.73 Å². The monoisotopic (exact) mass is 301 g/mol. The van der Waals surface area contributed by atoms with Gasteiger partial charge in [0.25, 0.3) is 0 Å². The highest BCUT2D eigenvalue weighted by atomic mass is 79.9. The third-order valence-electron chi connectivity index (χ3n) is 4.78. The first kappa shape index (κ1) is 12.6. The molecule has 0 aromatic carbocycles. The van der Waals surface area contributed by atoms with E-state index in [9.17, 15) is 0 Å². The van der Waals surface area contributed by atoms with Crippen LogP contribution >= 0.6 is 27.3 Å². The largest absolute Gasteiger partial charge is 0.324 e. The fourth-order valence-electron chi connectivity index (χ4n) is 3.11. The molecule has 90 valence electrons. The molecule has 2 rings (SSSR count). The molecule has 0 spiro atoms. The SMILES string of the molecule is Cc1sc(Br)cc1C(N)C1C(C)(C)C1(C)C. The van der Waals surface area contributed by atoms with E-state index in [0.29, 0.717) is 16.7 Å². The molecule has 1 aromatic rings. The molecule has 1 saturated carbocycles. The maximum atomic E-state index is 6.45. The van der Waals surface area contributed by atoms with Gasteiger partial charge >= 0.3 is 0 Å². The van der Waals surface area contributed by atoms with Crippen LogP contribution in [-0.2, 0) is 0 Å². The van der Waals surface area contributed by atoms with E-state index in [2.05, 4.69) is 56.6 Å². The summed E-state index contributed by atoms with van der Waals surface area (Å²) in [4.78, 5) is 1.35. The van der Waals surface area contributed by atoms with Crippen molar-refractivity contribution in [1.82, 2.24) is 0 Å². The van der Waals surface area contributed by atoms with E-state index in [1.807, 2.05) is 0 Å². The molecular formula is C13H20BrNS. The Hall–Kier alpha value is 0.140. The summed E-state index contributed by atoms with van der Waals surface area (Å²) in [6.07, 6.45) is 0. The van der Waals surface area contributed by atoms with Gasteiger partial charge in [-0.25, -0.2) is 0 Å². The highest BCUT2D eigenvalue weighted by Gasteiger charge is 2.66. The summed E-state index contributed by atoms with van der Waals surface area (Å²) in [5, 5.41) is 0. The second-order valence-electron chi connectivity index (χ2n) is 6.01. The second kappa shape index (κ2) is 3.56. The molecule has 1 aliphatic rings. The van der Waals surface area contributed by atoms with Crippen LogP contribution in [0.2, 0.25) is 0 Å². The molecule has 0 bridgehead atoms. The average Bonchev–Trinajstić information content (AvgIpc) is 2.37. The number of hydrogen-bond donors (Lipinski definition) is 1. The lowest BCUT2D eigenvalue weighted by atomic mass is 9.98. The number of nitrogens with two attached hydrogens (primary N) is 1. The van der Waals surface area contributed by atoms with Gasteiger partial charge in [-0.05, 0) is 51.2 Å². The van der Waals surface area contributed by atoms with Crippen molar-refractivity contribution >= 4 is 27.3 Å². The van der Waals surface area contributed by atoms with Gasteiger partial charge in [0.15, 0.2) is 0 Å². The summed E-state index contributed by atoms with van der Waals surface area (Å²) in [6.45, 7) is 11.5. The summed E-state index contributed by atoms with van der Waals surface area (Å²) in [5.74, 6) is 0.584. The van der Waals surface area contributed by atoms with E-state index in [1.165, 1.54) is 14.2 Å². The summed E-state index contributed by atoms with van der Waals surface area (Å²) in [6, 6.07) is 2.36. The smallest absolute Gasteiger partial charge is 0.0704 e. The number of rotatable bonds is 2. The standard InChI is InChI=1S/C13H20BrNS/c1-7-8(6-9(14)16-7)10(15)11-12(2,3)13(11,4)5/h6,10-11H,15H2,1-5H3. The van der Waals surface area contributed by atoms with Gasteiger partial charge in [0.2, 0.25) is 0 Å². The fraction of sp³-hybridized carbons (Fsp3) is 0.692. The molecular weight excluding hydrogens is 282 g/mol. The molecule has 0 aliphatic heterocycles. The molecule has 1 fully saturated rings. The van der Waals surface area contributed by atoms with Crippen LogP contribution in [0, 0.1) is 23.7 Å². The molecule has 1 unspecified atom stereocenters. The molecule has 16 heavy (non-hydrogen) atoms. The first-order chi connectivity index (χ1) is 7.19. The first-order valence-electron chi connectivity index (χ1n) is 5.71. The number of aryl methyl sites for hydroxylation is 1. The topological polar surface area (TPSA) is 26.0 Å². The van der Waals surface area contributed by atoms with Crippen molar-refractivity contribution in [3.63, 3.8) is 0 Å². The van der Waals surface area contributed by atoms with Crippen molar-refractivity contribution in [2.45, 2.75) is 40.7 Å². The van der Waals surface area contributed by atoms with Crippen molar-refractivity contribution in [2.75, 3.05) is 0 Å². The molecule has 1 nitrogen and oxygen atoms in total. The Morgan fingerprint density at radius 3 is 2.12 bits per heavy atom. The van der Waals surface area contributed by atoms with Gasteiger partial charge in [-0.3, -0.25) is 0 Å².